The number of oxime groups is 1. The number of hydrogen-bond donors (Lipinski definition) is 1. The van der Waals surface area contributed by atoms with E-state index in [2.05, 4.69) is 21.1 Å². The second-order valence-corrected chi connectivity index (χ2v) is 6.83. The summed E-state index contributed by atoms with van der Waals surface area (Å²) < 4.78 is 19.9. The van der Waals surface area contributed by atoms with Crippen molar-refractivity contribution in [3.8, 4) is 0 Å². The molecule has 1 heterocycles. The number of hydrogen-bond acceptors (Lipinski definition) is 4. The largest absolute Gasteiger partial charge is 0.449 e. The van der Waals surface area contributed by atoms with Crippen LogP contribution < -0.4 is 0 Å². The highest BCUT2D eigenvalue weighted by Gasteiger charge is 2.40. The number of nitrogens with zero attached hydrogens (tertiary/aromatic N) is 2. The summed E-state index contributed by atoms with van der Waals surface area (Å²) in [4.78, 5) is 13.9. The molecule has 0 saturated carbocycles. The van der Waals surface area contributed by atoms with Gasteiger partial charge in [-0.3, -0.25) is 4.90 Å². The zero-order valence-corrected chi connectivity index (χ0v) is 15.4. The number of ether oxygens (including phenoxy) is 1. The van der Waals surface area contributed by atoms with E-state index in [4.69, 9.17) is 4.74 Å². The normalized spacial score (nSPS) is 22.2. The predicted molar refractivity (Wildman–Crippen MR) is 92.9 cm³/mol. The van der Waals surface area contributed by atoms with Gasteiger partial charge in [-0.2, -0.15) is 0 Å². The number of unbranched alkanes of at least 4 members (excludes halogenated alkanes) is 1. The van der Waals surface area contributed by atoms with Crippen molar-refractivity contribution in [2.75, 3.05) is 13.2 Å². The molecule has 0 aliphatic carbocycles. The van der Waals surface area contributed by atoms with Crippen molar-refractivity contribution >= 4 is 27.7 Å². The second-order valence-electron chi connectivity index (χ2n) is 5.98. The van der Waals surface area contributed by atoms with E-state index in [0.717, 1.165) is 12.8 Å². The van der Waals surface area contributed by atoms with Crippen molar-refractivity contribution in [3.63, 3.8) is 0 Å². The molecule has 0 aromatic heterocycles. The highest BCUT2D eigenvalue weighted by molar-refractivity contribution is 9.10. The molecule has 0 spiro atoms. The van der Waals surface area contributed by atoms with E-state index in [9.17, 15) is 14.4 Å². The van der Waals surface area contributed by atoms with Crippen LogP contribution in [0.15, 0.2) is 27.8 Å². The van der Waals surface area contributed by atoms with E-state index in [-0.39, 0.29) is 18.2 Å². The standard InChI is InChI=1S/C17H22BrFN2O3/c1-3-4-8-24-17(22)21-10-11(2)16(20-23)14(21)9-12-6-5-7-13(18)15(12)19/h5-7,11,14,23H,3-4,8-10H2,1-2H3. The highest BCUT2D eigenvalue weighted by atomic mass is 79.9. The molecule has 1 amide bonds. The third-order valence-electron chi connectivity index (χ3n) is 4.21. The van der Waals surface area contributed by atoms with Gasteiger partial charge < -0.3 is 9.94 Å². The van der Waals surface area contributed by atoms with Crippen molar-refractivity contribution in [3.05, 3.63) is 34.1 Å². The van der Waals surface area contributed by atoms with E-state index in [1.165, 1.54) is 4.90 Å². The van der Waals surface area contributed by atoms with Crippen molar-refractivity contribution in [1.82, 2.24) is 4.90 Å². The molecule has 0 radical (unpaired) electrons. The number of carbonyl (C=O) groups is 1. The predicted octanol–water partition coefficient (Wildman–Crippen LogP) is 4.22. The molecule has 0 bridgehead atoms. The summed E-state index contributed by atoms with van der Waals surface area (Å²) in [6, 6.07) is 4.51. The van der Waals surface area contributed by atoms with Gasteiger partial charge in [0.15, 0.2) is 0 Å². The fourth-order valence-corrected chi connectivity index (χ4v) is 3.29. The summed E-state index contributed by atoms with van der Waals surface area (Å²) in [5.41, 5.74) is 0.929. The average Bonchev–Trinajstić information content (AvgIpc) is 2.87. The van der Waals surface area contributed by atoms with Crippen LogP contribution >= 0.6 is 15.9 Å². The number of benzene rings is 1. The van der Waals surface area contributed by atoms with Crippen molar-refractivity contribution < 1.29 is 19.1 Å². The van der Waals surface area contributed by atoms with Crippen LogP contribution in [0, 0.1) is 11.7 Å². The molecule has 7 heteroatoms. The first-order chi connectivity index (χ1) is 11.5. The van der Waals surface area contributed by atoms with E-state index in [1.54, 1.807) is 18.2 Å². The monoisotopic (exact) mass is 400 g/mol. The van der Waals surface area contributed by atoms with Gasteiger partial charge in [0.2, 0.25) is 0 Å². The Labute approximate surface area is 149 Å². The molecule has 1 aliphatic heterocycles. The van der Waals surface area contributed by atoms with Gasteiger partial charge in [0.05, 0.1) is 22.8 Å². The van der Waals surface area contributed by atoms with Crippen molar-refractivity contribution in [2.24, 2.45) is 11.1 Å². The van der Waals surface area contributed by atoms with E-state index >= 15 is 0 Å². The molecule has 2 atom stereocenters. The first kappa shape index (κ1) is 18.7. The van der Waals surface area contributed by atoms with Crippen LogP contribution in [0.25, 0.3) is 0 Å². The van der Waals surface area contributed by atoms with Crippen molar-refractivity contribution in [1.29, 1.82) is 0 Å². The average molecular weight is 401 g/mol. The first-order valence-corrected chi connectivity index (χ1v) is 8.87. The molecule has 1 saturated heterocycles. The lowest BCUT2D eigenvalue weighted by atomic mass is 9.98. The maximum Gasteiger partial charge on any atom is 0.410 e. The fourth-order valence-electron chi connectivity index (χ4n) is 2.89. The maximum atomic E-state index is 14.3. The van der Waals surface area contributed by atoms with Gasteiger partial charge in [-0.05, 0) is 34.0 Å². The number of amides is 1. The number of rotatable bonds is 5. The third kappa shape index (κ3) is 4.06. The van der Waals surface area contributed by atoms with Gasteiger partial charge in [0, 0.05) is 18.9 Å². The number of likely N-dealkylation sites (tertiary alicyclic amines) is 1. The Morgan fingerprint density at radius 1 is 1.54 bits per heavy atom. The van der Waals surface area contributed by atoms with Crippen LogP contribution in [0.3, 0.4) is 0 Å². The number of carbonyl (C=O) groups excluding carboxylic acids is 1. The fraction of sp³-hybridized carbons (Fsp3) is 0.529. The molecule has 1 fully saturated rings. The SMILES string of the molecule is CCCCOC(=O)N1CC(C)C(=NO)C1Cc1cccc(Br)c1F. The summed E-state index contributed by atoms with van der Waals surface area (Å²) in [6.07, 6.45) is 1.51. The Bertz CT molecular complexity index is 624. The summed E-state index contributed by atoms with van der Waals surface area (Å²) in [5, 5.41) is 12.7. The molecule has 24 heavy (non-hydrogen) atoms. The van der Waals surface area contributed by atoms with Gasteiger partial charge in [-0.1, -0.05) is 37.6 Å². The summed E-state index contributed by atoms with van der Waals surface area (Å²) in [6.45, 7) is 4.63. The second kappa shape index (κ2) is 8.46. The molecular formula is C17H22BrFN2O3. The quantitative estimate of drug-likeness (QED) is 0.457. The Balaban J connectivity index is 2.21. The van der Waals surface area contributed by atoms with Gasteiger partial charge in [-0.25, -0.2) is 9.18 Å². The lowest BCUT2D eigenvalue weighted by Crippen LogP contribution is -2.40. The molecule has 1 N–H and O–H groups in total. The first-order valence-electron chi connectivity index (χ1n) is 8.07. The summed E-state index contributed by atoms with van der Waals surface area (Å²) in [7, 11) is 0. The van der Waals surface area contributed by atoms with E-state index in [0.29, 0.717) is 28.9 Å². The van der Waals surface area contributed by atoms with Gasteiger partial charge >= 0.3 is 6.09 Å². The minimum Gasteiger partial charge on any atom is -0.449 e. The third-order valence-corrected chi connectivity index (χ3v) is 4.82. The lowest BCUT2D eigenvalue weighted by molar-refractivity contribution is 0.0987. The summed E-state index contributed by atoms with van der Waals surface area (Å²) in [5.74, 6) is -0.470. The van der Waals surface area contributed by atoms with Gasteiger partial charge in [0.1, 0.15) is 5.82 Å². The zero-order valence-electron chi connectivity index (χ0n) is 13.8. The van der Waals surface area contributed by atoms with Crippen LogP contribution in [0.5, 0.6) is 0 Å². The van der Waals surface area contributed by atoms with Crippen LogP contribution in [-0.4, -0.2) is 41.1 Å². The highest BCUT2D eigenvalue weighted by Crippen LogP contribution is 2.27. The van der Waals surface area contributed by atoms with Crippen LogP contribution in [0.1, 0.15) is 32.3 Å². The topological polar surface area (TPSA) is 62.1 Å². The van der Waals surface area contributed by atoms with Gasteiger partial charge in [0.25, 0.3) is 0 Å². The molecule has 5 nitrogen and oxygen atoms in total. The van der Waals surface area contributed by atoms with E-state index < -0.39 is 12.1 Å². The van der Waals surface area contributed by atoms with Crippen LogP contribution in [0.2, 0.25) is 0 Å². The molecule has 2 unspecified atom stereocenters. The summed E-state index contributed by atoms with van der Waals surface area (Å²) >= 11 is 3.17. The Kier molecular flexibility index (Phi) is 6.60. The Morgan fingerprint density at radius 3 is 2.96 bits per heavy atom. The minimum atomic E-state index is -0.511. The maximum absolute atomic E-state index is 14.3. The molecule has 1 aromatic rings. The van der Waals surface area contributed by atoms with Crippen LogP contribution in [-0.2, 0) is 11.2 Å². The lowest BCUT2D eigenvalue weighted by Gasteiger charge is -2.24. The smallest absolute Gasteiger partial charge is 0.410 e. The molecule has 132 valence electrons. The number of halogens is 2. The molecule has 1 aliphatic rings. The zero-order chi connectivity index (χ0) is 17.7. The minimum absolute atomic E-state index is 0.103. The molecule has 1 aromatic carbocycles. The Morgan fingerprint density at radius 2 is 2.29 bits per heavy atom. The molecular weight excluding hydrogens is 379 g/mol. The van der Waals surface area contributed by atoms with Gasteiger partial charge in [-0.15, -0.1) is 0 Å². The molecule has 2 rings (SSSR count). The van der Waals surface area contributed by atoms with Crippen molar-refractivity contribution in [2.45, 2.75) is 39.2 Å². The van der Waals surface area contributed by atoms with E-state index in [1.807, 2.05) is 13.8 Å². The Hall–Kier alpha value is -1.63. The van der Waals surface area contributed by atoms with Crippen LogP contribution in [0.4, 0.5) is 9.18 Å².